The molecule has 0 aromatic carbocycles. The third kappa shape index (κ3) is 4.50. The zero-order chi connectivity index (χ0) is 29.8. The van der Waals surface area contributed by atoms with Gasteiger partial charge in [0, 0.05) is 43.3 Å². The molecule has 0 aromatic heterocycles. The Morgan fingerprint density at radius 1 is 1.02 bits per heavy atom. The second-order valence-electron chi connectivity index (χ2n) is 11.8. The Labute approximate surface area is 233 Å². The van der Waals surface area contributed by atoms with Gasteiger partial charge in [0.25, 0.3) is 0 Å². The molecule has 2 saturated carbocycles. The fourth-order valence-corrected chi connectivity index (χ4v) is 7.29. The van der Waals surface area contributed by atoms with E-state index in [9.17, 15) is 29.1 Å². The van der Waals surface area contributed by atoms with E-state index in [2.05, 4.69) is 0 Å². The SMILES string of the molecule is CC=C(C)C(=O)OC1C(C)=CC23CCC4C(C(C=C(COC(C)=O)C(OC(C)=O)C12O)C3=O)C4(C)COC(C)=O. The smallest absolute Gasteiger partial charge is 0.334 e. The highest BCUT2D eigenvalue weighted by Gasteiger charge is 2.76. The minimum Gasteiger partial charge on any atom is -0.465 e. The first-order valence-electron chi connectivity index (χ1n) is 13.6. The Morgan fingerprint density at radius 3 is 2.25 bits per heavy atom. The van der Waals surface area contributed by atoms with Crippen molar-refractivity contribution in [3.05, 3.63) is 34.9 Å². The van der Waals surface area contributed by atoms with Crippen molar-refractivity contribution in [3.63, 3.8) is 0 Å². The molecule has 0 aliphatic heterocycles. The van der Waals surface area contributed by atoms with E-state index in [4.69, 9.17) is 18.9 Å². The molecule has 10 nitrogen and oxygen atoms in total. The monoisotopic (exact) mass is 558 g/mol. The summed E-state index contributed by atoms with van der Waals surface area (Å²) in [5, 5.41) is 12.8. The molecular weight excluding hydrogens is 520 g/mol. The molecule has 8 unspecified atom stereocenters. The quantitative estimate of drug-likeness (QED) is 0.214. The first-order chi connectivity index (χ1) is 18.6. The molecule has 2 fully saturated rings. The maximum atomic E-state index is 14.6. The Kier molecular flexibility index (Phi) is 7.64. The van der Waals surface area contributed by atoms with E-state index >= 15 is 0 Å². The molecule has 8 atom stereocenters. The second-order valence-corrected chi connectivity index (χ2v) is 11.8. The number of ether oxygens (including phenoxy) is 4. The van der Waals surface area contributed by atoms with Crippen LogP contribution in [0.5, 0.6) is 0 Å². The largest absolute Gasteiger partial charge is 0.465 e. The lowest BCUT2D eigenvalue weighted by Gasteiger charge is -2.47. The van der Waals surface area contributed by atoms with Gasteiger partial charge in [-0.1, -0.05) is 25.2 Å². The van der Waals surface area contributed by atoms with Gasteiger partial charge in [0.15, 0.2) is 23.6 Å². The van der Waals surface area contributed by atoms with Gasteiger partial charge in [-0.15, -0.1) is 0 Å². The molecule has 0 heterocycles. The van der Waals surface area contributed by atoms with Crippen LogP contribution >= 0.6 is 0 Å². The summed E-state index contributed by atoms with van der Waals surface area (Å²) in [7, 11) is 0. The van der Waals surface area contributed by atoms with Crippen LogP contribution in [0.1, 0.15) is 61.3 Å². The molecule has 4 rings (SSSR count). The first-order valence-corrected chi connectivity index (χ1v) is 13.6. The normalized spacial score (nSPS) is 38.0. The Morgan fingerprint density at radius 2 is 1.68 bits per heavy atom. The van der Waals surface area contributed by atoms with Crippen LogP contribution in [0.4, 0.5) is 0 Å². The van der Waals surface area contributed by atoms with Crippen molar-refractivity contribution in [1.29, 1.82) is 0 Å². The number of allylic oxidation sites excluding steroid dienone is 2. The molecular formula is C30H38O10. The molecule has 1 N–H and O–H groups in total. The number of hydrogen-bond donors (Lipinski definition) is 1. The lowest BCUT2D eigenvalue weighted by molar-refractivity contribution is -0.205. The summed E-state index contributed by atoms with van der Waals surface area (Å²) in [6.45, 7) is 10.4. The molecule has 40 heavy (non-hydrogen) atoms. The summed E-state index contributed by atoms with van der Waals surface area (Å²) in [5.74, 6) is -3.73. The second kappa shape index (κ2) is 10.3. The van der Waals surface area contributed by atoms with Crippen LogP contribution in [-0.2, 0) is 42.9 Å². The third-order valence-electron chi connectivity index (χ3n) is 9.34. The maximum Gasteiger partial charge on any atom is 0.334 e. The van der Waals surface area contributed by atoms with Gasteiger partial charge in [-0.3, -0.25) is 19.2 Å². The maximum absolute atomic E-state index is 14.6. The van der Waals surface area contributed by atoms with E-state index < -0.39 is 58.4 Å². The highest BCUT2D eigenvalue weighted by Crippen LogP contribution is 2.71. The molecule has 0 saturated heterocycles. The fourth-order valence-electron chi connectivity index (χ4n) is 7.29. The highest BCUT2D eigenvalue weighted by molar-refractivity contribution is 5.95. The van der Waals surface area contributed by atoms with Crippen molar-refractivity contribution in [1.82, 2.24) is 0 Å². The van der Waals surface area contributed by atoms with E-state index in [-0.39, 0.29) is 42.8 Å². The molecule has 1 spiro atoms. The zero-order valence-electron chi connectivity index (χ0n) is 24.1. The molecule has 0 aromatic rings. The third-order valence-corrected chi connectivity index (χ3v) is 9.34. The van der Waals surface area contributed by atoms with Crippen LogP contribution in [0, 0.1) is 28.6 Å². The summed E-state index contributed by atoms with van der Waals surface area (Å²) in [6.07, 6.45) is 2.82. The predicted octanol–water partition coefficient (Wildman–Crippen LogP) is 2.77. The number of hydrogen-bond acceptors (Lipinski definition) is 10. The zero-order valence-corrected chi connectivity index (χ0v) is 24.1. The van der Waals surface area contributed by atoms with Gasteiger partial charge in [-0.05, 0) is 51.0 Å². The summed E-state index contributed by atoms with van der Waals surface area (Å²) in [6, 6.07) is 0. The molecule has 2 bridgehead atoms. The summed E-state index contributed by atoms with van der Waals surface area (Å²) < 4.78 is 22.3. The minimum atomic E-state index is -2.20. The van der Waals surface area contributed by atoms with E-state index in [1.165, 1.54) is 20.8 Å². The van der Waals surface area contributed by atoms with Crippen molar-refractivity contribution < 1.29 is 48.0 Å². The minimum absolute atomic E-state index is 0.00139. The first kappa shape index (κ1) is 29.7. The summed E-state index contributed by atoms with van der Waals surface area (Å²) >= 11 is 0. The van der Waals surface area contributed by atoms with Crippen LogP contribution in [0.2, 0.25) is 0 Å². The highest BCUT2D eigenvalue weighted by atomic mass is 16.6. The van der Waals surface area contributed by atoms with Crippen molar-refractivity contribution in [2.45, 2.75) is 79.1 Å². The van der Waals surface area contributed by atoms with Gasteiger partial charge in [0.05, 0.1) is 12.0 Å². The fraction of sp³-hybridized carbons (Fsp3) is 0.633. The summed E-state index contributed by atoms with van der Waals surface area (Å²) in [5.41, 5.74) is -3.26. The van der Waals surface area contributed by atoms with Gasteiger partial charge >= 0.3 is 23.9 Å². The van der Waals surface area contributed by atoms with Gasteiger partial charge in [-0.2, -0.15) is 0 Å². The van der Waals surface area contributed by atoms with Gasteiger partial charge < -0.3 is 24.1 Å². The van der Waals surface area contributed by atoms with Crippen LogP contribution in [-0.4, -0.2) is 65.8 Å². The molecule has 10 heteroatoms. The number of ketones is 1. The Balaban J connectivity index is 1.90. The van der Waals surface area contributed by atoms with E-state index in [0.29, 0.717) is 17.6 Å². The lowest BCUT2D eigenvalue weighted by Crippen LogP contribution is -2.64. The van der Waals surface area contributed by atoms with Gasteiger partial charge in [0.2, 0.25) is 0 Å². The number of fused-ring (bicyclic) bond motifs is 3. The van der Waals surface area contributed by atoms with Gasteiger partial charge in [-0.25, -0.2) is 4.79 Å². The number of carbonyl (C=O) groups excluding carboxylic acids is 5. The van der Waals surface area contributed by atoms with Crippen LogP contribution in [0.15, 0.2) is 34.9 Å². The van der Waals surface area contributed by atoms with E-state index in [0.717, 1.165) is 0 Å². The number of carbonyl (C=O) groups is 5. The average Bonchev–Trinajstić information content (AvgIpc) is 3.45. The average molecular weight is 559 g/mol. The summed E-state index contributed by atoms with van der Waals surface area (Å²) in [4.78, 5) is 63.5. The van der Waals surface area contributed by atoms with Crippen LogP contribution in [0.25, 0.3) is 0 Å². The molecule has 4 aliphatic rings. The molecule has 218 valence electrons. The van der Waals surface area contributed by atoms with Crippen LogP contribution < -0.4 is 0 Å². The molecule has 0 amide bonds. The molecule has 0 radical (unpaired) electrons. The van der Waals surface area contributed by atoms with Crippen molar-refractivity contribution >= 4 is 29.7 Å². The Bertz CT molecular complexity index is 1240. The number of esters is 4. The number of aliphatic hydroxyl groups is 1. The van der Waals surface area contributed by atoms with Crippen molar-refractivity contribution in [2.75, 3.05) is 13.2 Å². The van der Waals surface area contributed by atoms with Crippen LogP contribution in [0.3, 0.4) is 0 Å². The van der Waals surface area contributed by atoms with Crippen molar-refractivity contribution in [3.8, 4) is 0 Å². The van der Waals surface area contributed by atoms with Crippen molar-refractivity contribution in [2.24, 2.45) is 28.6 Å². The standard InChI is InChI=1S/C30H38O10/c1-8-15(2)27(35)40-25-16(3)12-29-10-9-22-23(28(22,7)14-38-18(5)32)21(24(29)34)11-20(13-37-17(4)31)26(30(25,29)36)39-19(6)33/h8,11-12,21-23,25-26,36H,9-10,13-14H2,1-7H3. The molecule has 4 aliphatic carbocycles. The van der Waals surface area contributed by atoms with Gasteiger partial charge in [0.1, 0.15) is 6.61 Å². The predicted molar refractivity (Wildman–Crippen MR) is 140 cm³/mol. The topological polar surface area (TPSA) is 143 Å². The van der Waals surface area contributed by atoms with E-state index in [1.54, 1.807) is 39.0 Å². The Hall–Kier alpha value is -3.27. The number of Topliss-reactive ketones (excluding diaryl/α,β-unsaturated/α-hetero) is 1. The number of rotatable bonds is 7. The lowest BCUT2D eigenvalue weighted by atomic mass is 9.63. The van der Waals surface area contributed by atoms with E-state index in [1.807, 2.05) is 6.92 Å².